The van der Waals surface area contributed by atoms with Gasteiger partial charge in [-0.05, 0) is 12.1 Å². The highest BCUT2D eigenvalue weighted by Gasteiger charge is 2.31. The minimum Gasteiger partial charge on any atom is -0.447 e. The predicted molar refractivity (Wildman–Crippen MR) is 79.7 cm³/mol. The molecule has 1 aliphatic heterocycles. The predicted octanol–water partition coefficient (Wildman–Crippen LogP) is 0.706. The Bertz CT molecular complexity index is 688. The maximum absolute atomic E-state index is 12.5. The minimum atomic E-state index is -3.58. The smallest absolute Gasteiger partial charge is 0.276 e. The number of piperazine rings is 1. The van der Waals surface area contributed by atoms with E-state index in [9.17, 15) is 8.42 Å². The first-order chi connectivity index (χ1) is 10.1. The summed E-state index contributed by atoms with van der Waals surface area (Å²) in [5, 5.41) is 2.80. The number of furan rings is 1. The van der Waals surface area contributed by atoms with Crippen molar-refractivity contribution in [1.82, 2.24) is 9.29 Å². The second kappa shape index (κ2) is 5.76. The first-order valence-electron chi connectivity index (χ1n) is 6.54. The Labute approximate surface area is 127 Å². The highest BCUT2D eigenvalue weighted by Crippen LogP contribution is 2.23. The van der Waals surface area contributed by atoms with Crippen LogP contribution >= 0.6 is 11.3 Å². The Hall–Kier alpha value is -1.42. The van der Waals surface area contributed by atoms with Gasteiger partial charge in [-0.2, -0.15) is 4.31 Å². The number of nitrogens with two attached hydrogens (primary N) is 1. The highest BCUT2D eigenvalue weighted by molar-refractivity contribution is 7.89. The van der Waals surface area contributed by atoms with Crippen LogP contribution in [0.4, 0.5) is 5.13 Å². The topological polar surface area (TPSA) is 92.7 Å². The molecule has 21 heavy (non-hydrogen) atoms. The fourth-order valence-corrected chi connectivity index (χ4v) is 4.27. The average molecular weight is 328 g/mol. The van der Waals surface area contributed by atoms with Crippen molar-refractivity contribution in [2.24, 2.45) is 5.73 Å². The van der Waals surface area contributed by atoms with Gasteiger partial charge in [-0.15, -0.1) is 11.3 Å². The third kappa shape index (κ3) is 2.82. The van der Waals surface area contributed by atoms with Gasteiger partial charge in [-0.3, -0.25) is 0 Å². The number of nitrogens with zero attached hydrogens (tertiary/aromatic N) is 3. The van der Waals surface area contributed by atoms with Crippen molar-refractivity contribution >= 4 is 26.5 Å². The Morgan fingerprint density at radius 3 is 2.62 bits per heavy atom. The second-order valence-electron chi connectivity index (χ2n) is 4.63. The van der Waals surface area contributed by atoms with Crippen molar-refractivity contribution in [3.63, 3.8) is 0 Å². The van der Waals surface area contributed by atoms with Gasteiger partial charge in [-0.1, -0.05) is 0 Å². The van der Waals surface area contributed by atoms with Gasteiger partial charge >= 0.3 is 0 Å². The molecule has 3 heterocycles. The molecule has 0 bridgehead atoms. The van der Waals surface area contributed by atoms with Crippen LogP contribution in [-0.2, 0) is 16.6 Å². The van der Waals surface area contributed by atoms with Crippen LogP contribution in [0.1, 0.15) is 5.76 Å². The van der Waals surface area contributed by atoms with E-state index in [1.54, 1.807) is 23.6 Å². The van der Waals surface area contributed by atoms with Gasteiger partial charge in [0.25, 0.3) is 10.0 Å². The summed E-state index contributed by atoms with van der Waals surface area (Å²) in [5.74, 6) is 0.468. The number of hydrogen-bond acceptors (Lipinski definition) is 7. The fourth-order valence-electron chi connectivity index (χ4n) is 2.23. The number of aromatic nitrogens is 1. The fraction of sp³-hybridized carbons (Fsp3) is 0.417. The van der Waals surface area contributed by atoms with Crippen LogP contribution in [-0.4, -0.2) is 43.9 Å². The summed E-state index contributed by atoms with van der Waals surface area (Å²) in [4.78, 5) is 6.33. The van der Waals surface area contributed by atoms with E-state index in [0.29, 0.717) is 31.9 Å². The quantitative estimate of drug-likeness (QED) is 0.888. The van der Waals surface area contributed by atoms with Gasteiger partial charge < -0.3 is 15.1 Å². The molecule has 3 rings (SSSR count). The van der Waals surface area contributed by atoms with E-state index < -0.39 is 10.0 Å². The van der Waals surface area contributed by atoms with Gasteiger partial charge in [0.05, 0.1) is 6.54 Å². The molecule has 1 saturated heterocycles. The zero-order valence-corrected chi connectivity index (χ0v) is 12.9. The molecule has 0 aliphatic carbocycles. The lowest BCUT2D eigenvalue weighted by Crippen LogP contribution is -2.48. The SMILES string of the molecule is NCc1ccc(S(=O)(=O)N2CCN(c3nccs3)CC2)o1. The number of sulfonamides is 1. The number of anilines is 1. The second-order valence-corrected chi connectivity index (χ2v) is 7.37. The van der Waals surface area contributed by atoms with Crippen LogP contribution in [0.2, 0.25) is 0 Å². The normalized spacial score (nSPS) is 17.3. The Kier molecular flexibility index (Phi) is 3.98. The first-order valence-corrected chi connectivity index (χ1v) is 8.86. The standard InChI is InChI=1S/C12H16N4O3S2/c13-9-10-1-2-11(19-10)21(17,18)16-6-4-15(5-7-16)12-14-3-8-20-12/h1-3,8H,4-7,9,13H2. The van der Waals surface area contributed by atoms with E-state index in [1.807, 2.05) is 5.38 Å². The molecule has 0 spiro atoms. The molecule has 9 heteroatoms. The molecule has 0 atom stereocenters. The molecule has 1 fully saturated rings. The largest absolute Gasteiger partial charge is 0.447 e. The molecule has 114 valence electrons. The van der Waals surface area contributed by atoms with Crippen molar-refractivity contribution in [3.8, 4) is 0 Å². The zero-order chi connectivity index (χ0) is 14.9. The van der Waals surface area contributed by atoms with Crippen molar-refractivity contribution in [2.45, 2.75) is 11.6 Å². The van der Waals surface area contributed by atoms with Crippen LogP contribution in [0, 0.1) is 0 Å². The molecule has 0 radical (unpaired) electrons. The summed E-state index contributed by atoms with van der Waals surface area (Å²) >= 11 is 1.56. The Morgan fingerprint density at radius 2 is 2.05 bits per heavy atom. The van der Waals surface area contributed by atoms with Crippen molar-refractivity contribution < 1.29 is 12.8 Å². The maximum Gasteiger partial charge on any atom is 0.276 e. The average Bonchev–Trinajstić information content (AvgIpc) is 3.19. The van der Waals surface area contributed by atoms with E-state index in [2.05, 4.69) is 9.88 Å². The van der Waals surface area contributed by atoms with Crippen LogP contribution in [0.15, 0.2) is 33.2 Å². The summed E-state index contributed by atoms with van der Waals surface area (Å²) in [6.07, 6.45) is 1.75. The molecule has 7 nitrogen and oxygen atoms in total. The van der Waals surface area contributed by atoms with Crippen LogP contribution in [0.5, 0.6) is 0 Å². The molecule has 2 aromatic heterocycles. The Balaban J connectivity index is 1.71. The monoisotopic (exact) mass is 328 g/mol. The lowest BCUT2D eigenvalue weighted by atomic mass is 10.4. The summed E-state index contributed by atoms with van der Waals surface area (Å²) in [6, 6.07) is 3.06. The van der Waals surface area contributed by atoms with Crippen molar-refractivity contribution in [3.05, 3.63) is 29.5 Å². The van der Waals surface area contributed by atoms with Crippen LogP contribution < -0.4 is 10.6 Å². The van der Waals surface area contributed by atoms with Gasteiger partial charge in [0.2, 0.25) is 5.09 Å². The number of hydrogen-bond donors (Lipinski definition) is 1. The lowest BCUT2D eigenvalue weighted by Gasteiger charge is -2.33. The van der Waals surface area contributed by atoms with Crippen molar-refractivity contribution in [2.75, 3.05) is 31.1 Å². The maximum atomic E-state index is 12.5. The van der Waals surface area contributed by atoms with Gasteiger partial charge in [0.15, 0.2) is 5.13 Å². The molecule has 0 aromatic carbocycles. The molecule has 0 amide bonds. The molecular formula is C12H16N4O3S2. The van der Waals surface area contributed by atoms with E-state index in [0.717, 1.165) is 5.13 Å². The van der Waals surface area contributed by atoms with Crippen LogP contribution in [0.3, 0.4) is 0 Å². The third-order valence-electron chi connectivity index (χ3n) is 3.36. The molecule has 1 aliphatic rings. The minimum absolute atomic E-state index is 0.0364. The van der Waals surface area contributed by atoms with E-state index >= 15 is 0 Å². The highest BCUT2D eigenvalue weighted by atomic mass is 32.2. The first kappa shape index (κ1) is 14.5. The molecular weight excluding hydrogens is 312 g/mol. The molecule has 0 unspecified atom stereocenters. The number of thiazole rings is 1. The van der Waals surface area contributed by atoms with E-state index in [1.165, 1.54) is 10.4 Å². The molecule has 0 saturated carbocycles. The lowest BCUT2D eigenvalue weighted by molar-refractivity contribution is 0.354. The van der Waals surface area contributed by atoms with E-state index in [-0.39, 0.29) is 11.6 Å². The molecule has 2 N–H and O–H groups in total. The zero-order valence-electron chi connectivity index (χ0n) is 11.3. The van der Waals surface area contributed by atoms with Gasteiger partial charge in [0, 0.05) is 37.8 Å². The van der Waals surface area contributed by atoms with Crippen molar-refractivity contribution in [1.29, 1.82) is 0 Å². The number of rotatable bonds is 4. The summed E-state index contributed by atoms with van der Waals surface area (Å²) in [5.41, 5.74) is 5.44. The van der Waals surface area contributed by atoms with E-state index in [4.69, 9.17) is 10.2 Å². The summed E-state index contributed by atoms with van der Waals surface area (Å²) in [6.45, 7) is 2.27. The van der Waals surface area contributed by atoms with Gasteiger partial charge in [-0.25, -0.2) is 13.4 Å². The summed E-state index contributed by atoms with van der Waals surface area (Å²) in [7, 11) is -3.58. The van der Waals surface area contributed by atoms with Crippen LogP contribution in [0.25, 0.3) is 0 Å². The third-order valence-corrected chi connectivity index (χ3v) is 5.97. The van der Waals surface area contributed by atoms with Gasteiger partial charge in [0.1, 0.15) is 5.76 Å². The Morgan fingerprint density at radius 1 is 1.29 bits per heavy atom. The molecule has 2 aromatic rings. The summed E-state index contributed by atoms with van der Waals surface area (Å²) < 4.78 is 31.7.